The third-order valence-corrected chi connectivity index (χ3v) is 7.11. The smallest absolute Gasteiger partial charge is 0.303 e. The number of benzene rings is 2. The zero-order valence-corrected chi connectivity index (χ0v) is 21.3. The molecule has 3 aromatic rings. The molecule has 37 heavy (non-hydrogen) atoms. The fourth-order valence-corrected chi connectivity index (χ4v) is 4.85. The van der Waals surface area contributed by atoms with Gasteiger partial charge in [0.25, 0.3) is 0 Å². The molecule has 196 valence electrons. The number of ether oxygens (including phenoxy) is 2. The van der Waals surface area contributed by atoms with E-state index in [1.54, 1.807) is 30.2 Å². The van der Waals surface area contributed by atoms with E-state index in [2.05, 4.69) is 15.5 Å². The van der Waals surface area contributed by atoms with E-state index >= 15 is 0 Å². The molecule has 0 spiro atoms. The van der Waals surface area contributed by atoms with Crippen LogP contribution in [0.25, 0.3) is 0 Å². The van der Waals surface area contributed by atoms with Crippen molar-refractivity contribution in [3.63, 3.8) is 0 Å². The lowest BCUT2D eigenvalue weighted by atomic mass is 10.0. The maximum Gasteiger partial charge on any atom is 0.303 e. The number of hydrogen-bond donors (Lipinski definition) is 3. The second-order valence-electron chi connectivity index (χ2n) is 8.80. The van der Waals surface area contributed by atoms with Crippen LogP contribution < -0.4 is 5.32 Å². The standard InChI is InChI=1S/C26H30N4O6S/c1-30-16-27-29-26(30)37-15-21-13-22(18-7-5-17(14-31)6-8-18)36-25(35-21)19-9-11-20(12-10-19)28-23(32)3-2-4-24(33)34/h5-12,16,21-22,25,31H,2-4,13-15H2,1H3,(H,28,32)(H,33,34). The first-order chi connectivity index (χ1) is 17.9. The molecule has 0 aliphatic carbocycles. The van der Waals surface area contributed by atoms with Crippen molar-refractivity contribution in [3.05, 3.63) is 71.5 Å². The number of nitrogens with zero attached hydrogens (tertiary/aromatic N) is 3. The van der Waals surface area contributed by atoms with Crippen molar-refractivity contribution in [2.24, 2.45) is 7.05 Å². The predicted octanol–water partition coefficient (Wildman–Crippen LogP) is 3.84. The SMILES string of the molecule is Cn1cnnc1SCC1CC(c2ccc(CO)cc2)OC(c2ccc(NC(=O)CCCC(=O)O)cc2)O1. The van der Waals surface area contributed by atoms with Gasteiger partial charge in [0.05, 0.1) is 18.8 Å². The van der Waals surface area contributed by atoms with Gasteiger partial charge in [-0.25, -0.2) is 0 Å². The van der Waals surface area contributed by atoms with Gasteiger partial charge in [0.1, 0.15) is 6.33 Å². The normalized spacial score (nSPS) is 19.5. The highest BCUT2D eigenvalue weighted by Crippen LogP contribution is 2.39. The van der Waals surface area contributed by atoms with E-state index < -0.39 is 12.3 Å². The van der Waals surface area contributed by atoms with E-state index in [1.165, 1.54) is 0 Å². The van der Waals surface area contributed by atoms with Crippen LogP contribution in [0.5, 0.6) is 0 Å². The number of carboxylic acids is 1. The molecule has 1 aliphatic heterocycles. The Balaban J connectivity index is 1.44. The molecule has 10 nitrogen and oxygen atoms in total. The number of nitrogens with one attached hydrogen (secondary N) is 1. The number of rotatable bonds is 11. The summed E-state index contributed by atoms with van der Waals surface area (Å²) in [5.41, 5.74) is 3.27. The van der Waals surface area contributed by atoms with Gasteiger partial charge >= 0.3 is 5.97 Å². The zero-order valence-electron chi connectivity index (χ0n) is 20.4. The van der Waals surface area contributed by atoms with Gasteiger partial charge in [-0.3, -0.25) is 9.59 Å². The minimum Gasteiger partial charge on any atom is -0.481 e. The van der Waals surface area contributed by atoms with Crippen molar-refractivity contribution in [1.82, 2.24) is 14.8 Å². The number of carbonyl (C=O) groups excluding carboxylic acids is 1. The van der Waals surface area contributed by atoms with E-state index in [0.717, 1.165) is 21.8 Å². The number of carboxylic acid groups (broad SMARTS) is 1. The average Bonchev–Trinajstić information content (AvgIpc) is 3.32. The lowest BCUT2D eigenvalue weighted by molar-refractivity contribution is -0.245. The van der Waals surface area contributed by atoms with E-state index in [0.29, 0.717) is 17.9 Å². The molecule has 2 aromatic carbocycles. The lowest BCUT2D eigenvalue weighted by Gasteiger charge is -2.36. The summed E-state index contributed by atoms with van der Waals surface area (Å²) in [4.78, 5) is 22.7. The number of aliphatic hydroxyl groups is 1. The molecule has 1 aromatic heterocycles. The Bertz CT molecular complexity index is 1180. The van der Waals surface area contributed by atoms with Crippen LogP contribution >= 0.6 is 11.8 Å². The zero-order chi connectivity index (χ0) is 26.2. The van der Waals surface area contributed by atoms with Gasteiger partial charge in [0.15, 0.2) is 11.4 Å². The molecule has 4 rings (SSSR count). The fourth-order valence-electron chi connectivity index (χ4n) is 3.94. The maximum absolute atomic E-state index is 12.1. The van der Waals surface area contributed by atoms with E-state index in [4.69, 9.17) is 14.6 Å². The van der Waals surface area contributed by atoms with E-state index in [9.17, 15) is 14.7 Å². The molecule has 1 fully saturated rings. The molecule has 3 atom stereocenters. The summed E-state index contributed by atoms with van der Waals surface area (Å²) >= 11 is 1.57. The summed E-state index contributed by atoms with van der Waals surface area (Å²) in [7, 11) is 1.90. The quantitative estimate of drug-likeness (QED) is 0.318. The highest BCUT2D eigenvalue weighted by atomic mass is 32.2. The summed E-state index contributed by atoms with van der Waals surface area (Å²) in [5.74, 6) is -0.478. The minimum absolute atomic E-state index is 0.0169. The highest BCUT2D eigenvalue weighted by Gasteiger charge is 2.32. The number of carbonyl (C=O) groups is 2. The number of thioether (sulfide) groups is 1. The molecule has 1 aliphatic rings. The number of aryl methyl sites for hydroxylation is 1. The number of anilines is 1. The van der Waals surface area contributed by atoms with Crippen molar-refractivity contribution < 1.29 is 29.3 Å². The summed E-state index contributed by atoms with van der Waals surface area (Å²) in [6, 6.07) is 15.0. The minimum atomic E-state index is -0.916. The molecule has 3 N–H and O–H groups in total. The van der Waals surface area contributed by atoms with Gasteiger partial charge < -0.3 is 29.6 Å². The van der Waals surface area contributed by atoms with Gasteiger partial charge in [-0.1, -0.05) is 48.2 Å². The maximum atomic E-state index is 12.1. The van der Waals surface area contributed by atoms with Crippen LogP contribution in [0.1, 0.15) is 54.8 Å². The molecule has 1 saturated heterocycles. The number of aliphatic hydroxyl groups excluding tert-OH is 1. The first-order valence-electron chi connectivity index (χ1n) is 12.0. The Morgan fingerprint density at radius 1 is 1.08 bits per heavy atom. The van der Waals surface area contributed by atoms with Crippen molar-refractivity contribution in [3.8, 4) is 0 Å². The van der Waals surface area contributed by atoms with Gasteiger partial charge in [0.2, 0.25) is 5.91 Å². The second kappa shape index (κ2) is 12.8. The molecule has 3 unspecified atom stereocenters. The molecular formula is C26H30N4O6S. The molecule has 1 amide bonds. The Labute approximate surface area is 219 Å². The number of amides is 1. The third-order valence-electron chi connectivity index (χ3n) is 5.94. The molecule has 0 bridgehead atoms. The Morgan fingerprint density at radius 2 is 1.81 bits per heavy atom. The lowest BCUT2D eigenvalue weighted by Crippen LogP contribution is -2.31. The predicted molar refractivity (Wildman–Crippen MR) is 137 cm³/mol. The highest BCUT2D eigenvalue weighted by molar-refractivity contribution is 7.99. The summed E-state index contributed by atoms with van der Waals surface area (Å²) < 4.78 is 14.5. The van der Waals surface area contributed by atoms with Crippen LogP contribution in [0, 0.1) is 0 Å². The molecular weight excluding hydrogens is 496 g/mol. The Morgan fingerprint density at radius 3 is 2.46 bits per heavy atom. The van der Waals surface area contributed by atoms with Gasteiger partial charge in [0, 0.05) is 43.3 Å². The number of aliphatic carboxylic acids is 1. The molecule has 0 saturated carbocycles. The first kappa shape index (κ1) is 26.8. The average molecular weight is 527 g/mol. The Hall–Kier alpha value is -3.25. The number of hydrogen-bond acceptors (Lipinski definition) is 8. The summed E-state index contributed by atoms with van der Waals surface area (Å²) in [5, 5.41) is 29.8. The van der Waals surface area contributed by atoms with Crippen LogP contribution in [-0.2, 0) is 32.7 Å². The van der Waals surface area contributed by atoms with Crippen LogP contribution in [0.3, 0.4) is 0 Å². The van der Waals surface area contributed by atoms with Crippen molar-refractivity contribution in [2.75, 3.05) is 11.1 Å². The summed E-state index contributed by atoms with van der Waals surface area (Å²) in [6.07, 6.45) is 1.78. The van der Waals surface area contributed by atoms with Crippen LogP contribution in [0.15, 0.2) is 60.0 Å². The number of aromatic nitrogens is 3. The van der Waals surface area contributed by atoms with E-state index in [1.807, 2.05) is 48.0 Å². The van der Waals surface area contributed by atoms with Crippen molar-refractivity contribution >= 4 is 29.3 Å². The third kappa shape index (κ3) is 7.62. The van der Waals surface area contributed by atoms with Crippen molar-refractivity contribution in [2.45, 2.75) is 55.9 Å². The Kier molecular flexibility index (Phi) is 9.29. The van der Waals surface area contributed by atoms with E-state index in [-0.39, 0.29) is 44.0 Å². The van der Waals surface area contributed by atoms with Crippen LogP contribution in [0.4, 0.5) is 5.69 Å². The topological polar surface area (TPSA) is 136 Å². The van der Waals surface area contributed by atoms with Gasteiger partial charge in [-0.05, 0) is 29.7 Å². The second-order valence-corrected chi connectivity index (χ2v) is 9.79. The van der Waals surface area contributed by atoms with Gasteiger partial charge in [-0.15, -0.1) is 10.2 Å². The monoisotopic (exact) mass is 526 g/mol. The van der Waals surface area contributed by atoms with Crippen LogP contribution in [-0.4, -0.2) is 48.7 Å². The van der Waals surface area contributed by atoms with Gasteiger partial charge in [-0.2, -0.15) is 0 Å². The summed E-state index contributed by atoms with van der Waals surface area (Å²) in [6.45, 7) is -0.0169. The first-order valence-corrected chi connectivity index (χ1v) is 13.0. The molecule has 11 heteroatoms. The molecule has 2 heterocycles. The van der Waals surface area contributed by atoms with Crippen molar-refractivity contribution in [1.29, 1.82) is 0 Å². The largest absolute Gasteiger partial charge is 0.481 e. The van der Waals surface area contributed by atoms with Crippen LogP contribution in [0.2, 0.25) is 0 Å². The fraction of sp³-hybridized carbons (Fsp3) is 0.385. The molecule has 0 radical (unpaired) electrons.